The third-order valence-corrected chi connectivity index (χ3v) is 29.6. The van der Waals surface area contributed by atoms with Gasteiger partial charge < -0.3 is 18.9 Å². The first kappa shape index (κ1) is 85.7. The number of hydrogen-bond donors (Lipinski definition) is 0. The molecule has 0 fully saturated rings. The Kier molecular flexibility index (Phi) is 20.3. The first-order chi connectivity index (χ1) is 66.8. The molecule has 2 aromatic heterocycles. The molecule has 0 saturated carbocycles. The molecule has 0 N–H and O–H groups in total. The summed E-state index contributed by atoms with van der Waals surface area (Å²) < 4.78 is 85.8. The number of rotatable bonds is 9. The Morgan fingerprint density at radius 3 is 0.956 bits per heavy atom. The molecule has 2 aliphatic heterocycles. The molecule has 0 amide bonds. The molecule has 0 aliphatic carbocycles. The van der Waals surface area contributed by atoms with E-state index in [-0.39, 0.29) is 65.1 Å². The largest absolute Gasteiger partial charge is 0.310 e. The standard InChI is InChI=1S/C132H151BN4/c1-121(2,3)84-50-45-80(46-51-84)99-72-92(129(25,26)27)74-104(96-59-54-89(126(16,17)18)76-107(96)132(34,35)36)119(99)137-115-77-94(134-112-63-56-87(124(10,11)12)70-102(112)103-71-88(125(13,14)15)57-64-113(103)134)58-62-109(115)133-108-61-49-82(83-65-90(127(19,20)21)68-91(66-83)128(22,23)24)67-114(108)136(116-78-95(79-117(137)118(116)133)135-110-43-39-37-41-97(110)98-42-38-40-44-111(98)135)120-100(81-47-52-85(53-48-81)122(4,5)6)73-93(130(28,29)30)75-105(120)101-69-86(123(7,8)9)55-60-106(101)131(31,32)33/h37-79H,1-36H3/i37D,38D,39D,40D,41D,42D,43D,44D. The second-order valence-electron chi connectivity index (χ2n) is 52.4. The third-order valence-electron chi connectivity index (χ3n) is 29.6. The van der Waals surface area contributed by atoms with Gasteiger partial charge in [-0.25, -0.2) is 0 Å². The van der Waals surface area contributed by atoms with Crippen LogP contribution < -0.4 is 26.2 Å². The van der Waals surface area contributed by atoms with Crippen molar-refractivity contribution in [3.63, 3.8) is 0 Å². The lowest BCUT2D eigenvalue weighted by Gasteiger charge is -2.46. The Bertz CT molecular complexity index is 7860. The van der Waals surface area contributed by atoms with Crippen molar-refractivity contribution in [2.24, 2.45) is 0 Å². The highest BCUT2D eigenvalue weighted by atomic mass is 15.2. The van der Waals surface area contributed by atoms with Crippen molar-refractivity contribution < 1.29 is 11.0 Å². The van der Waals surface area contributed by atoms with Crippen LogP contribution in [0.15, 0.2) is 261 Å². The summed E-state index contributed by atoms with van der Waals surface area (Å²) in [6.45, 7) is 82.7. The fourth-order valence-corrected chi connectivity index (χ4v) is 21.0. The molecule has 2 aliphatic rings. The van der Waals surface area contributed by atoms with Gasteiger partial charge in [0.2, 0.25) is 0 Å². The zero-order chi connectivity index (χ0) is 106. The lowest BCUT2D eigenvalue weighted by molar-refractivity contribution is 0.568. The van der Waals surface area contributed by atoms with E-state index in [9.17, 15) is 11.0 Å². The van der Waals surface area contributed by atoms with Crippen LogP contribution in [0, 0.1) is 0 Å². The lowest BCUT2D eigenvalue weighted by atomic mass is 9.33. The number of nitrogens with zero attached hydrogens (tertiary/aromatic N) is 4. The molecule has 18 rings (SSSR count). The second kappa shape index (κ2) is 32.5. The van der Waals surface area contributed by atoms with Crippen molar-refractivity contribution in [1.29, 1.82) is 0 Å². The minimum Gasteiger partial charge on any atom is -0.310 e. The number of hydrogen-bond acceptors (Lipinski definition) is 2. The summed E-state index contributed by atoms with van der Waals surface area (Å²) in [5, 5.41) is 2.28. The maximum atomic E-state index is 10.7. The third kappa shape index (κ3) is 17.3. The molecule has 0 spiro atoms. The Morgan fingerprint density at radius 2 is 0.533 bits per heavy atom. The van der Waals surface area contributed by atoms with Crippen LogP contribution in [0.3, 0.4) is 0 Å². The predicted molar refractivity (Wildman–Crippen MR) is 601 cm³/mol. The molecule has 0 radical (unpaired) electrons. The summed E-state index contributed by atoms with van der Waals surface area (Å²) in [5.41, 5.74) is 32.2. The highest BCUT2D eigenvalue weighted by molar-refractivity contribution is 7.00. The molecular formula is C132H151BN4. The van der Waals surface area contributed by atoms with Gasteiger partial charge in [0.15, 0.2) is 0 Å². The van der Waals surface area contributed by atoms with E-state index < -0.39 is 76.7 Å². The van der Waals surface area contributed by atoms with Crippen LogP contribution in [0.2, 0.25) is 0 Å². The molecule has 0 bridgehead atoms. The van der Waals surface area contributed by atoms with E-state index in [1.165, 1.54) is 50.1 Å². The monoisotopic (exact) mass is 1810 g/mol. The van der Waals surface area contributed by atoms with Crippen LogP contribution in [0.4, 0.5) is 34.1 Å². The molecule has 16 aromatic rings. The van der Waals surface area contributed by atoms with E-state index in [1.54, 1.807) is 4.57 Å². The smallest absolute Gasteiger partial charge is 0.252 e. The van der Waals surface area contributed by atoms with Crippen LogP contribution in [0.25, 0.3) is 111 Å². The summed E-state index contributed by atoms with van der Waals surface area (Å²) in [6.07, 6.45) is 0. The number of anilines is 6. The summed E-state index contributed by atoms with van der Waals surface area (Å²) in [7, 11) is 0. The van der Waals surface area contributed by atoms with Crippen molar-refractivity contribution >= 4 is 101 Å². The summed E-state index contributed by atoms with van der Waals surface area (Å²) >= 11 is 0. The summed E-state index contributed by atoms with van der Waals surface area (Å²) in [4.78, 5) is 5.20. The minimum atomic E-state index is -0.621. The van der Waals surface area contributed by atoms with Crippen molar-refractivity contribution in [3.05, 3.63) is 327 Å². The van der Waals surface area contributed by atoms with Crippen LogP contribution in [0.1, 0.15) is 327 Å². The second-order valence-corrected chi connectivity index (χ2v) is 52.4. The topological polar surface area (TPSA) is 16.3 Å². The quantitative estimate of drug-likeness (QED) is 0.134. The number of para-hydroxylation sites is 2. The fraction of sp³-hybridized carbons (Fsp3) is 0.364. The molecule has 702 valence electrons. The van der Waals surface area contributed by atoms with Gasteiger partial charge in [0, 0.05) is 72.2 Å². The molecule has 0 unspecified atom stereocenters. The molecule has 4 nitrogen and oxygen atoms in total. The Morgan fingerprint density at radius 1 is 0.204 bits per heavy atom. The van der Waals surface area contributed by atoms with Gasteiger partial charge in [-0.15, -0.1) is 0 Å². The van der Waals surface area contributed by atoms with Gasteiger partial charge in [0.25, 0.3) is 6.71 Å². The Hall–Kier alpha value is -11.7. The Balaban J connectivity index is 1.17. The van der Waals surface area contributed by atoms with E-state index in [2.05, 4.69) is 476 Å². The Labute approximate surface area is 834 Å². The van der Waals surface area contributed by atoms with Crippen molar-refractivity contribution in [2.45, 2.75) is 314 Å². The number of benzene rings is 14. The average molecular weight is 1810 g/mol. The van der Waals surface area contributed by atoms with Gasteiger partial charge in [0.1, 0.15) is 0 Å². The molecular weight excluding hydrogens is 1650 g/mol. The molecule has 0 saturated heterocycles. The highest BCUT2D eigenvalue weighted by Gasteiger charge is 2.48. The normalized spacial score (nSPS) is 14.8. The first-order valence-electron chi connectivity index (χ1n) is 54.1. The first-order valence-corrected chi connectivity index (χ1v) is 50.1. The van der Waals surface area contributed by atoms with Gasteiger partial charge in [-0.1, -0.05) is 419 Å². The zero-order valence-electron chi connectivity index (χ0n) is 97.1. The molecule has 0 atom stereocenters. The van der Waals surface area contributed by atoms with Crippen molar-refractivity contribution in [2.75, 3.05) is 9.80 Å². The van der Waals surface area contributed by atoms with Crippen LogP contribution in [-0.2, 0) is 65.0 Å². The molecule has 4 heterocycles. The summed E-state index contributed by atoms with van der Waals surface area (Å²) in [6, 6.07) is 79.8. The van der Waals surface area contributed by atoms with E-state index in [1.807, 2.05) is 0 Å². The maximum Gasteiger partial charge on any atom is 0.252 e. The van der Waals surface area contributed by atoms with Crippen molar-refractivity contribution in [1.82, 2.24) is 9.13 Å². The van der Waals surface area contributed by atoms with Crippen LogP contribution >= 0.6 is 0 Å². The van der Waals surface area contributed by atoms with E-state index in [0.717, 1.165) is 150 Å². The van der Waals surface area contributed by atoms with Gasteiger partial charge in [-0.05, 0) is 272 Å². The fourth-order valence-electron chi connectivity index (χ4n) is 21.0. The lowest BCUT2D eigenvalue weighted by Crippen LogP contribution is -2.61. The molecule has 14 aromatic carbocycles. The predicted octanol–water partition coefficient (Wildman–Crippen LogP) is 35.9. The molecule has 5 heteroatoms. The van der Waals surface area contributed by atoms with Gasteiger partial charge >= 0.3 is 0 Å². The van der Waals surface area contributed by atoms with Crippen LogP contribution in [-0.4, -0.2) is 15.8 Å². The van der Waals surface area contributed by atoms with E-state index in [0.29, 0.717) is 5.69 Å². The summed E-state index contributed by atoms with van der Waals surface area (Å²) in [5.74, 6) is 0. The number of fused-ring (bicyclic) bond motifs is 10. The van der Waals surface area contributed by atoms with Crippen LogP contribution in [0.5, 0.6) is 0 Å². The van der Waals surface area contributed by atoms with Gasteiger partial charge in [-0.3, -0.25) is 0 Å². The highest BCUT2D eigenvalue weighted by Crippen LogP contribution is 2.59. The van der Waals surface area contributed by atoms with Gasteiger partial charge in [-0.2, -0.15) is 0 Å². The molecule has 137 heavy (non-hydrogen) atoms. The SMILES string of the molecule is [2H]c1c([2H])c([2H])c2c(c1[2H])c1c([2H])c([2H])c([2H])c([2H])c1n2-c1cc2c3c(c1)N(c1c(-c4ccc(C(C)(C)C)cc4)cc(C(C)(C)C)cc1-c1ccc(C(C)(C)C)cc1C(C)(C)C)c1cc(-n4c5ccc(C(C)(C)C)cc5c5cc(C(C)(C)C)ccc54)ccc1B3c1ccc(-c3cc(C(C)(C)C)cc(C(C)(C)C)c3)cc1N2c1c(-c2ccc(C(C)(C)C)cc2)cc(C(C)(C)C)cc1-c1cc(C(C)(C)C)ccc1C(C)(C)C. The van der Waals surface area contributed by atoms with E-state index in [4.69, 9.17) is 0 Å². The average Bonchev–Trinajstić information content (AvgIpc) is 1.64. The maximum absolute atomic E-state index is 10.7. The van der Waals surface area contributed by atoms with E-state index >= 15 is 0 Å². The zero-order valence-corrected chi connectivity index (χ0v) is 89.1. The minimum absolute atomic E-state index is 0.0117. The number of aromatic nitrogens is 2. The van der Waals surface area contributed by atoms with Gasteiger partial charge in [0.05, 0.1) is 50.1 Å². The van der Waals surface area contributed by atoms with Crippen molar-refractivity contribution in [3.8, 4) is 67.0 Å².